The van der Waals surface area contributed by atoms with E-state index in [4.69, 9.17) is 20.3 Å². The number of amides is 1. The van der Waals surface area contributed by atoms with Gasteiger partial charge in [-0.3, -0.25) is 9.97 Å². The number of aromatic hydroxyl groups is 1. The third-order valence-corrected chi connectivity index (χ3v) is 5.29. The molecule has 1 amide bonds. The predicted octanol–water partition coefficient (Wildman–Crippen LogP) is 3.57. The number of fused-ring (bicyclic) bond motifs is 3. The molecule has 0 aliphatic heterocycles. The quantitative estimate of drug-likeness (QED) is 0.310. The summed E-state index contributed by atoms with van der Waals surface area (Å²) in [5, 5.41) is 23.7. The normalized spacial score (nSPS) is 11.9. The zero-order chi connectivity index (χ0) is 23.5. The molecular formula is C23H23N5O5. The number of hydrogen-bond donors (Lipinski definition) is 4. The second-order valence-corrected chi connectivity index (χ2v) is 7.43. The number of phenolic OH excluding ortho intramolecular Hbond substituents is 1. The highest BCUT2D eigenvalue weighted by molar-refractivity contribution is 6.10. The van der Waals surface area contributed by atoms with Gasteiger partial charge >= 0.3 is 6.09 Å². The Hall–Kier alpha value is -4.34. The summed E-state index contributed by atoms with van der Waals surface area (Å²) in [6.45, 7) is 2.03. The predicted molar refractivity (Wildman–Crippen MR) is 124 cm³/mol. The summed E-state index contributed by atoms with van der Waals surface area (Å²) >= 11 is 0. The minimum Gasteiger partial charge on any atom is -0.504 e. The molecule has 0 fully saturated rings. The van der Waals surface area contributed by atoms with Crippen molar-refractivity contribution in [1.82, 2.24) is 20.3 Å². The molecule has 10 nitrogen and oxygen atoms in total. The van der Waals surface area contributed by atoms with Crippen molar-refractivity contribution in [2.75, 3.05) is 19.5 Å². The molecule has 0 bridgehead atoms. The van der Waals surface area contributed by atoms with Gasteiger partial charge in [-0.25, -0.2) is 9.78 Å². The van der Waals surface area contributed by atoms with Crippen molar-refractivity contribution in [3.05, 3.63) is 42.9 Å². The third-order valence-electron chi connectivity index (χ3n) is 5.29. The molecule has 3 heterocycles. The molecule has 0 saturated carbocycles. The highest BCUT2D eigenvalue weighted by atomic mass is 16.5. The molecule has 4 rings (SSSR count). The maximum Gasteiger partial charge on any atom is 0.404 e. The second-order valence-electron chi connectivity index (χ2n) is 7.43. The lowest BCUT2D eigenvalue weighted by molar-refractivity contribution is 0.180. The van der Waals surface area contributed by atoms with Crippen LogP contribution in [0.25, 0.3) is 32.9 Å². The Morgan fingerprint density at radius 3 is 2.70 bits per heavy atom. The van der Waals surface area contributed by atoms with Crippen molar-refractivity contribution < 1.29 is 24.5 Å². The SMILES string of the molecule is CC[C@H](COc1cncc(-c2cc3c(cnc4cc(OC)c(O)cc43)c(N)n2)c1)NC(=O)O. The zero-order valence-corrected chi connectivity index (χ0v) is 18.1. The van der Waals surface area contributed by atoms with Crippen LogP contribution in [0, 0.1) is 0 Å². The molecule has 4 aromatic rings. The Kier molecular flexibility index (Phi) is 5.99. The highest BCUT2D eigenvalue weighted by Crippen LogP contribution is 2.36. The van der Waals surface area contributed by atoms with Crippen LogP contribution in [-0.2, 0) is 0 Å². The van der Waals surface area contributed by atoms with Crippen LogP contribution < -0.4 is 20.5 Å². The minimum atomic E-state index is -1.10. The van der Waals surface area contributed by atoms with Crippen LogP contribution in [-0.4, -0.2) is 51.0 Å². The van der Waals surface area contributed by atoms with Crippen LogP contribution in [0.4, 0.5) is 10.6 Å². The molecule has 5 N–H and O–H groups in total. The van der Waals surface area contributed by atoms with Gasteiger partial charge in [0, 0.05) is 34.8 Å². The van der Waals surface area contributed by atoms with E-state index in [1.165, 1.54) is 7.11 Å². The van der Waals surface area contributed by atoms with Crippen LogP contribution >= 0.6 is 0 Å². The highest BCUT2D eigenvalue weighted by Gasteiger charge is 2.14. The zero-order valence-electron chi connectivity index (χ0n) is 18.1. The number of anilines is 1. The second kappa shape index (κ2) is 9.03. The van der Waals surface area contributed by atoms with E-state index >= 15 is 0 Å². The van der Waals surface area contributed by atoms with Gasteiger partial charge in [-0.2, -0.15) is 0 Å². The Labute approximate surface area is 189 Å². The lowest BCUT2D eigenvalue weighted by Gasteiger charge is -2.16. The number of pyridine rings is 3. The number of nitrogens with two attached hydrogens (primary N) is 1. The lowest BCUT2D eigenvalue weighted by atomic mass is 10.0. The standard InChI is InChI=1S/C23H23N5O5/c1-3-13(27-23(30)31)11-33-14-4-12(8-25-9-14)18-5-15-16-6-20(29)21(32-2)7-19(16)26-10-17(15)22(24)28-18/h4-10,13,27,29H,3,11H2,1-2H3,(H2,24,28)(H,30,31)/t13-/m1/s1. The van der Waals surface area contributed by atoms with E-state index in [2.05, 4.69) is 20.3 Å². The molecule has 0 spiro atoms. The average molecular weight is 449 g/mol. The molecule has 3 aromatic heterocycles. The number of phenols is 1. The third kappa shape index (κ3) is 4.49. The van der Waals surface area contributed by atoms with Crippen LogP contribution in [0.5, 0.6) is 17.2 Å². The fourth-order valence-electron chi connectivity index (χ4n) is 3.53. The number of benzene rings is 1. The summed E-state index contributed by atoms with van der Waals surface area (Å²) in [5.41, 5.74) is 8.10. The van der Waals surface area contributed by atoms with Gasteiger partial charge in [0.15, 0.2) is 11.5 Å². The molecule has 1 aromatic carbocycles. The monoisotopic (exact) mass is 449 g/mol. The van der Waals surface area contributed by atoms with Gasteiger partial charge in [-0.15, -0.1) is 0 Å². The van der Waals surface area contributed by atoms with Crippen molar-refractivity contribution in [1.29, 1.82) is 0 Å². The summed E-state index contributed by atoms with van der Waals surface area (Å²) < 4.78 is 10.9. The van der Waals surface area contributed by atoms with Gasteiger partial charge in [-0.05, 0) is 30.0 Å². The van der Waals surface area contributed by atoms with Crippen LogP contribution in [0.2, 0.25) is 0 Å². The molecule has 0 aliphatic rings. The van der Waals surface area contributed by atoms with E-state index in [-0.39, 0.29) is 24.2 Å². The number of carboxylic acid groups (broad SMARTS) is 1. The number of ether oxygens (including phenoxy) is 2. The van der Waals surface area contributed by atoms with Gasteiger partial charge in [0.1, 0.15) is 18.2 Å². The number of nitrogens with one attached hydrogen (secondary N) is 1. The fraction of sp³-hybridized carbons (Fsp3) is 0.217. The van der Waals surface area contributed by atoms with Crippen molar-refractivity contribution in [3.63, 3.8) is 0 Å². The smallest absolute Gasteiger partial charge is 0.404 e. The fourth-order valence-corrected chi connectivity index (χ4v) is 3.53. The molecule has 10 heteroatoms. The molecule has 0 radical (unpaired) electrons. The van der Waals surface area contributed by atoms with E-state index in [0.29, 0.717) is 45.5 Å². The number of aromatic nitrogens is 3. The van der Waals surface area contributed by atoms with Crippen molar-refractivity contribution >= 4 is 33.6 Å². The van der Waals surface area contributed by atoms with Crippen LogP contribution in [0.15, 0.2) is 42.9 Å². The van der Waals surface area contributed by atoms with E-state index in [1.807, 2.05) is 13.0 Å². The minimum absolute atomic E-state index is 0.00579. The van der Waals surface area contributed by atoms with Gasteiger partial charge < -0.3 is 30.7 Å². The Bertz CT molecular complexity index is 1340. The lowest BCUT2D eigenvalue weighted by Crippen LogP contribution is -2.37. The molecular weight excluding hydrogens is 426 g/mol. The molecule has 1 atom stereocenters. The van der Waals surface area contributed by atoms with E-state index in [0.717, 1.165) is 5.39 Å². The van der Waals surface area contributed by atoms with E-state index < -0.39 is 6.09 Å². The number of nitrogens with zero attached hydrogens (tertiary/aromatic N) is 3. The first-order chi connectivity index (χ1) is 15.9. The van der Waals surface area contributed by atoms with Gasteiger partial charge in [-0.1, -0.05) is 6.92 Å². The number of carbonyl (C=O) groups is 1. The Morgan fingerprint density at radius 2 is 1.97 bits per heavy atom. The molecule has 170 valence electrons. The Balaban J connectivity index is 1.72. The Morgan fingerprint density at radius 1 is 1.15 bits per heavy atom. The van der Waals surface area contributed by atoms with Crippen LogP contribution in [0.3, 0.4) is 0 Å². The van der Waals surface area contributed by atoms with E-state index in [9.17, 15) is 9.90 Å². The summed E-state index contributed by atoms with van der Waals surface area (Å²) in [5.74, 6) is 1.08. The number of nitrogen functional groups attached to an aromatic ring is 1. The van der Waals surface area contributed by atoms with Gasteiger partial charge in [0.2, 0.25) is 0 Å². The molecule has 0 saturated heterocycles. The van der Waals surface area contributed by atoms with Crippen molar-refractivity contribution in [2.24, 2.45) is 0 Å². The molecule has 0 aliphatic carbocycles. The first-order valence-corrected chi connectivity index (χ1v) is 10.2. The first kappa shape index (κ1) is 21.9. The average Bonchev–Trinajstić information content (AvgIpc) is 2.81. The van der Waals surface area contributed by atoms with Crippen LogP contribution in [0.1, 0.15) is 13.3 Å². The van der Waals surface area contributed by atoms with Gasteiger partial charge in [0.25, 0.3) is 0 Å². The first-order valence-electron chi connectivity index (χ1n) is 10.2. The summed E-state index contributed by atoms with van der Waals surface area (Å²) in [6, 6.07) is 6.52. The summed E-state index contributed by atoms with van der Waals surface area (Å²) in [6.07, 6.45) is 4.31. The largest absolute Gasteiger partial charge is 0.504 e. The summed E-state index contributed by atoms with van der Waals surface area (Å²) in [7, 11) is 1.48. The molecule has 33 heavy (non-hydrogen) atoms. The van der Waals surface area contributed by atoms with E-state index in [1.54, 1.807) is 36.8 Å². The van der Waals surface area contributed by atoms with Gasteiger partial charge in [0.05, 0.1) is 30.6 Å². The van der Waals surface area contributed by atoms with Crippen molar-refractivity contribution in [2.45, 2.75) is 19.4 Å². The number of rotatable bonds is 7. The summed E-state index contributed by atoms with van der Waals surface area (Å²) in [4.78, 5) is 24.0. The topological polar surface area (TPSA) is 153 Å². The maximum absolute atomic E-state index is 10.9. The number of hydrogen-bond acceptors (Lipinski definition) is 8. The maximum atomic E-state index is 10.9. The van der Waals surface area contributed by atoms with Crippen molar-refractivity contribution in [3.8, 4) is 28.5 Å². The molecule has 0 unspecified atom stereocenters. The number of methoxy groups -OCH3 is 1.